The summed E-state index contributed by atoms with van der Waals surface area (Å²) in [6.07, 6.45) is 4.29. The lowest BCUT2D eigenvalue weighted by Gasteiger charge is -2.26. The summed E-state index contributed by atoms with van der Waals surface area (Å²) in [6.45, 7) is 2.25. The second kappa shape index (κ2) is 6.01. The number of likely N-dealkylation sites (tertiary alicyclic amines) is 1. The standard InChI is InChI=1S/C18H21N5/c1-22-11-9-14(10-12-22)18-20-17-8-7-16(13-23(17)21-18)19-15-5-3-2-4-6-15/h2-8,13-14,19H,9-12H2,1H3. The van der Waals surface area contributed by atoms with Crippen LogP contribution in [0.15, 0.2) is 48.7 Å². The van der Waals surface area contributed by atoms with Gasteiger partial charge in [0.1, 0.15) is 0 Å². The number of fused-ring (bicyclic) bond motifs is 1. The molecule has 3 aromatic rings. The quantitative estimate of drug-likeness (QED) is 0.806. The Kier molecular flexibility index (Phi) is 3.71. The van der Waals surface area contributed by atoms with Crippen LogP contribution in [0.4, 0.5) is 11.4 Å². The van der Waals surface area contributed by atoms with Crippen molar-refractivity contribution in [2.45, 2.75) is 18.8 Å². The number of pyridine rings is 1. The van der Waals surface area contributed by atoms with Gasteiger partial charge in [-0.15, -0.1) is 0 Å². The molecule has 1 saturated heterocycles. The summed E-state index contributed by atoms with van der Waals surface area (Å²) in [7, 11) is 2.18. The van der Waals surface area contributed by atoms with E-state index in [4.69, 9.17) is 10.1 Å². The van der Waals surface area contributed by atoms with E-state index in [2.05, 4.69) is 35.5 Å². The number of para-hydroxylation sites is 1. The van der Waals surface area contributed by atoms with Crippen LogP contribution >= 0.6 is 0 Å². The number of aromatic nitrogens is 3. The second-order valence-corrected chi connectivity index (χ2v) is 6.26. The van der Waals surface area contributed by atoms with Crippen molar-refractivity contribution >= 4 is 17.0 Å². The Hall–Kier alpha value is -2.40. The van der Waals surface area contributed by atoms with E-state index in [1.54, 1.807) is 0 Å². The molecule has 0 aliphatic carbocycles. The van der Waals surface area contributed by atoms with E-state index in [0.29, 0.717) is 5.92 Å². The lowest BCUT2D eigenvalue weighted by Crippen LogP contribution is -2.29. The number of benzene rings is 1. The highest BCUT2D eigenvalue weighted by molar-refractivity contribution is 5.60. The number of hydrogen-bond donors (Lipinski definition) is 1. The van der Waals surface area contributed by atoms with Gasteiger partial charge in [-0.1, -0.05) is 18.2 Å². The Morgan fingerprint density at radius 2 is 1.78 bits per heavy atom. The van der Waals surface area contributed by atoms with Gasteiger partial charge in [-0.05, 0) is 57.2 Å². The lowest BCUT2D eigenvalue weighted by molar-refractivity contribution is 0.251. The van der Waals surface area contributed by atoms with Crippen LogP contribution < -0.4 is 5.32 Å². The van der Waals surface area contributed by atoms with E-state index in [1.807, 2.05) is 35.0 Å². The number of anilines is 2. The smallest absolute Gasteiger partial charge is 0.155 e. The summed E-state index contributed by atoms with van der Waals surface area (Å²) >= 11 is 0. The van der Waals surface area contributed by atoms with Crippen LogP contribution in [0.2, 0.25) is 0 Å². The van der Waals surface area contributed by atoms with Crippen molar-refractivity contribution in [2.75, 3.05) is 25.5 Å². The van der Waals surface area contributed by atoms with Gasteiger partial charge in [0.15, 0.2) is 11.5 Å². The largest absolute Gasteiger partial charge is 0.354 e. The molecule has 1 aromatic carbocycles. The first kappa shape index (κ1) is 14.2. The molecule has 0 bridgehead atoms. The van der Waals surface area contributed by atoms with Gasteiger partial charge in [-0.25, -0.2) is 9.50 Å². The van der Waals surface area contributed by atoms with Crippen molar-refractivity contribution in [3.05, 3.63) is 54.5 Å². The molecule has 1 aliphatic heterocycles. The summed E-state index contributed by atoms with van der Waals surface area (Å²) in [5.41, 5.74) is 3.00. The number of nitrogens with one attached hydrogen (secondary N) is 1. The summed E-state index contributed by atoms with van der Waals surface area (Å²) in [5, 5.41) is 8.11. The predicted octanol–water partition coefficient (Wildman–Crippen LogP) is 3.28. The van der Waals surface area contributed by atoms with Gasteiger partial charge < -0.3 is 10.2 Å². The molecule has 5 heteroatoms. The van der Waals surface area contributed by atoms with Crippen LogP contribution in [0, 0.1) is 0 Å². The fourth-order valence-electron chi connectivity index (χ4n) is 3.10. The van der Waals surface area contributed by atoms with Gasteiger partial charge in [0.2, 0.25) is 0 Å². The molecule has 0 atom stereocenters. The highest BCUT2D eigenvalue weighted by Gasteiger charge is 2.22. The average Bonchev–Trinajstić information content (AvgIpc) is 3.00. The van der Waals surface area contributed by atoms with E-state index >= 15 is 0 Å². The molecule has 0 unspecified atom stereocenters. The molecule has 0 saturated carbocycles. The minimum absolute atomic E-state index is 0.483. The number of hydrogen-bond acceptors (Lipinski definition) is 4. The van der Waals surface area contributed by atoms with Gasteiger partial charge >= 0.3 is 0 Å². The zero-order valence-corrected chi connectivity index (χ0v) is 13.3. The molecule has 0 amide bonds. The molecule has 0 spiro atoms. The monoisotopic (exact) mass is 307 g/mol. The van der Waals surface area contributed by atoms with Crippen LogP contribution in [0.1, 0.15) is 24.6 Å². The maximum Gasteiger partial charge on any atom is 0.155 e. The zero-order chi connectivity index (χ0) is 15.6. The molecular formula is C18H21N5. The van der Waals surface area contributed by atoms with Crippen molar-refractivity contribution in [2.24, 2.45) is 0 Å². The molecule has 3 heterocycles. The Morgan fingerprint density at radius 3 is 2.57 bits per heavy atom. The minimum atomic E-state index is 0.483. The molecule has 2 aromatic heterocycles. The normalized spacial score (nSPS) is 16.7. The van der Waals surface area contributed by atoms with Gasteiger partial charge in [0.25, 0.3) is 0 Å². The third-order valence-electron chi connectivity index (χ3n) is 4.49. The highest BCUT2D eigenvalue weighted by Crippen LogP contribution is 2.26. The lowest BCUT2D eigenvalue weighted by atomic mass is 9.97. The van der Waals surface area contributed by atoms with E-state index < -0.39 is 0 Å². The van der Waals surface area contributed by atoms with Crippen molar-refractivity contribution < 1.29 is 0 Å². The maximum absolute atomic E-state index is 4.72. The SMILES string of the molecule is CN1CCC(c2nc3ccc(Nc4ccccc4)cn3n2)CC1. The number of rotatable bonds is 3. The highest BCUT2D eigenvalue weighted by atomic mass is 15.3. The Balaban J connectivity index is 1.57. The first-order valence-electron chi connectivity index (χ1n) is 8.15. The maximum atomic E-state index is 4.72. The van der Waals surface area contributed by atoms with Crippen molar-refractivity contribution in [3.8, 4) is 0 Å². The van der Waals surface area contributed by atoms with Gasteiger partial charge in [-0.2, -0.15) is 5.10 Å². The van der Waals surface area contributed by atoms with Crippen molar-refractivity contribution in [3.63, 3.8) is 0 Å². The number of piperidine rings is 1. The topological polar surface area (TPSA) is 45.5 Å². The fraction of sp³-hybridized carbons (Fsp3) is 0.333. The first-order valence-corrected chi connectivity index (χ1v) is 8.15. The van der Waals surface area contributed by atoms with E-state index in [1.165, 1.54) is 0 Å². The third-order valence-corrected chi connectivity index (χ3v) is 4.49. The van der Waals surface area contributed by atoms with Crippen molar-refractivity contribution in [1.82, 2.24) is 19.5 Å². The summed E-state index contributed by atoms with van der Waals surface area (Å²) in [5.74, 6) is 1.46. The van der Waals surface area contributed by atoms with Crippen LogP contribution in [0.5, 0.6) is 0 Å². The van der Waals surface area contributed by atoms with Crippen LogP contribution in [0.25, 0.3) is 5.65 Å². The summed E-state index contributed by atoms with van der Waals surface area (Å²) < 4.78 is 1.89. The molecule has 5 nitrogen and oxygen atoms in total. The number of nitrogens with zero attached hydrogens (tertiary/aromatic N) is 4. The third kappa shape index (κ3) is 3.05. The van der Waals surface area contributed by atoms with Gasteiger partial charge in [0, 0.05) is 11.6 Å². The summed E-state index contributed by atoms with van der Waals surface area (Å²) in [6, 6.07) is 14.2. The molecule has 23 heavy (non-hydrogen) atoms. The van der Waals surface area contributed by atoms with E-state index in [9.17, 15) is 0 Å². The molecule has 4 rings (SSSR count). The zero-order valence-electron chi connectivity index (χ0n) is 13.3. The Morgan fingerprint density at radius 1 is 1.00 bits per heavy atom. The molecule has 1 aliphatic rings. The average molecular weight is 307 g/mol. The Bertz CT molecular complexity index is 788. The minimum Gasteiger partial charge on any atom is -0.354 e. The van der Waals surface area contributed by atoms with E-state index in [0.717, 1.165) is 48.8 Å². The second-order valence-electron chi connectivity index (χ2n) is 6.26. The van der Waals surface area contributed by atoms with E-state index in [-0.39, 0.29) is 0 Å². The first-order chi connectivity index (χ1) is 11.3. The molecule has 1 fully saturated rings. The van der Waals surface area contributed by atoms with Gasteiger partial charge in [-0.3, -0.25) is 0 Å². The van der Waals surface area contributed by atoms with Crippen LogP contribution in [-0.2, 0) is 0 Å². The molecular weight excluding hydrogens is 286 g/mol. The fourth-order valence-corrected chi connectivity index (χ4v) is 3.10. The van der Waals surface area contributed by atoms with Crippen LogP contribution in [-0.4, -0.2) is 39.6 Å². The predicted molar refractivity (Wildman–Crippen MR) is 92.2 cm³/mol. The molecule has 118 valence electrons. The molecule has 0 radical (unpaired) electrons. The summed E-state index contributed by atoms with van der Waals surface area (Å²) in [4.78, 5) is 7.08. The van der Waals surface area contributed by atoms with Crippen molar-refractivity contribution in [1.29, 1.82) is 0 Å². The van der Waals surface area contributed by atoms with Gasteiger partial charge in [0.05, 0.1) is 11.9 Å². The van der Waals surface area contributed by atoms with Crippen LogP contribution in [0.3, 0.4) is 0 Å². The molecule has 1 N–H and O–H groups in total. The Labute approximate surface area is 136 Å².